The first kappa shape index (κ1) is 18.7. The highest BCUT2D eigenvalue weighted by Crippen LogP contribution is 2.32. The Morgan fingerprint density at radius 1 is 1.18 bits per heavy atom. The zero-order chi connectivity index (χ0) is 20.1. The predicted octanol–water partition coefficient (Wildman–Crippen LogP) is 2.87. The Bertz CT molecular complexity index is 1140. The van der Waals surface area contributed by atoms with Crippen molar-refractivity contribution in [3.8, 4) is 0 Å². The lowest BCUT2D eigenvalue weighted by Crippen LogP contribution is -2.15. The number of rotatable bonds is 5. The molecule has 0 radical (unpaired) electrons. The normalized spacial score (nSPS) is 15.1. The van der Waals surface area contributed by atoms with Gasteiger partial charge < -0.3 is 9.88 Å². The van der Waals surface area contributed by atoms with Gasteiger partial charge in [-0.2, -0.15) is 13.2 Å². The quantitative estimate of drug-likeness (QED) is 0.695. The first-order chi connectivity index (χ1) is 13.1. The Morgan fingerprint density at radius 3 is 2.43 bits per heavy atom. The van der Waals surface area contributed by atoms with E-state index in [0.717, 1.165) is 19.1 Å². The smallest absolute Gasteiger partial charge is 0.365 e. The van der Waals surface area contributed by atoms with Crippen molar-refractivity contribution in [1.29, 1.82) is 0 Å². The summed E-state index contributed by atoms with van der Waals surface area (Å²) in [7, 11) is -3.32. The fraction of sp³-hybridized carbons (Fsp3) is 0.353. The maximum absolute atomic E-state index is 13.2. The second-order valence-electron chi connectivity index (χ2n) is 6.77. The number of benzene rings is 1. The lowest BCUT2D eigenvalue weighted by Gasteiger charge is -2.11. The van der Waals surface area contributed by atoms with Crippen molar-refractivity contribution in [3.63, 3.8) is 0 Å². The Labute approximate surface area is 158 Å². The zero-order valence-electron chi connectivity index (χ0n) is 14.7. The Hall–Kier alpha value is -2.69. The molecular weight excluding hydrogens is 395 g/mol. The van der Waals surface area contributed by atoms with Crippen LogP contribution in [0.3, 0.4) is 0 Å². The standard InChI is InChI=1S/C17H16F3N5O2S/c1-28(26,27)12-6-2-10(3-7-12)8-25-9-21-13-14(22-11-4-5-11)23-16(17(18,19)20)24-15(13)25/h2-3,6-7,9,11H,4-5,8H2,1H3,(H,22,23,24). The van der Waals surface area contributed by atoms with Crippen molar-refractivity contribution < 1.29 is 21.6 Å². The van der Waals surface area contributed by atoms with Gasteiger partial charge in [0.05, 0.1) is 17.8 Å². The van der Waals surface area contributed by atoms with Gasteiger partial charge in [-0.15, -0.1) is 0 Å². The third-order valence-electron chi connectivity index (χ3n) is 4.34. The molecule has 0 amide bonds. The minimum absolute atomic E-state index is 0.0673. The molecule has 2 aromatic heterocycles. The number of halogens is 3. The number of fused-ring (bicyclic) bond motifs is 1. The van der Waals surface area contributed by atoms with Crippen molar-refractivity contribution >= 4 is 26.8 Å². The van der Waals surface area contributed by atoms with Crippen molar-refractivity contribution in [3.05, 3.63) is 42.0 Å². The molecule has 1 aliphatic rings. The maximum Gasteiger partial charge on any atom is 0.451 e. The van der Waals surface area contributed by atoms with Crippen LogP contribution in [0.2, 0.25) is 0 Å². The topological polar surface area (TPSA) is 89.8 Å². The van der Waals surface area contributed by atoms with E-state index in [-0.39, 0.29) is 34.5 Å². The van der Waals surface area contributed by atoms with Gasteiger partial charge in [0, 0.05) is 12.3 Å². The summed E-state index contributed by atoms with van der Waals surface area (Å²) in [6.45, 7) is 0.192. The van der Waals surface area contributed by atoms with Gasteiger partial charge in [-0.1, -0.05) is 12.1 Å². The van der Waals surface area contributed by atoms with Crippen molar-refractivity contribution in [2.45, 2.75) is 36.5 Å². The minimum Gasteiger partial charge on any atom is -0.365 e. The lowest BCUT2D eigenvalue weighted by atomic mass is 10.2. The number of nitrogens with zero attached hydrogens (tertiary/aromatic N) is 4. The van der Waals surface area contributed by atoms with Crippen LogP contribution in [-0.2, 0) is 22.6 Å². The van der Waals surface area contributed by atoms with Crippen LogP contribution < -0.4 is 5.32 Å². The molecule has 0 atom stereocenters. The van der Waals surface area contributed by atoms with Crippen LogP contribution in [0.1, 0.15) is 24.2 Å². The largest absolute Gasteiger partial charge is 0.451 e. The first-order valence-electron chi connectivity index (χ1n) is 8.47. The van der Waals surface area contributed by atoms with Gasteiger partial charge in [-0.3, -0.25) is 0 Å². The van der Waals surface area contributed by atoms with Crippen LogP contribution in [0.5, 0.6) is 0 Å². The number of alkyl halides is 3. The van der Waals surface area contributed by atoms with Gasteiger partial charge in [0.2, 0.25) is 5.82 Å². The first-order valence-corrected chi connectivity index (χ1v) is 10.4. The van der Waals surface area contributed by atoms with Crippen molar-refractivity contribution in [2.75, 3.05) is 11.6 Å². The second kappa shape index (κ2) is 6.43. The van der Waals surface area contributed by atoms with Crippen LogP contribution in [0.25, 0.3) is 11.2 Å². The highest BCUT2D eigenvalue weighted by Gasteiger charge is 2.37. The van der Waals surface area contributed by atoms with Gasteiger partial charge in [0.15, 0.2) is 21.3 Å². The van der Waals surface area contributed by atoms with E-state index >= 15 is 0 Å². The molecule has 0 bridgehead atoms. The number of hydrogen-bond donors (Lipinski definition) is 1. The summed E-state index contributed by atoms with van der Waals surface area (Å²) in [6, 6.07) is 6.24. The fourth-order valence-corrected chi connectivity index (χ4v) is 3.38. The van der Waals surface area contributed by atoms with Crippen molar-refractivity contribution in [2.24, 2.45) is 0 Å². The van der Waals surface area contributed by atoms with E-state index in [9.17, 15) is 21.6 Å². The Balaban J connectivity index is 1.73. The molecule has 2 heterocycles. The molecule has 7 nitrogen and oxygen atoms in total. The number of nitrogens with one attached hydrogen (secondary N) is 1. The summed E-state index contributed by atoms with van der Waals surface area (Å²) in [5, 5.41) is 2.98. The fourth-order valence-electron chi connectivity index (χ4n) is 2.75. The molecule has 1 aromatic carbocycles. The van der Waals surface area contributed by atoms with E-state index in [1.54, 1.807) is 12.1 Å². The number of hydrogen-bond acceptors (Lipinski definition) is 6. The van der Waals surface area contributed by atoms with Crippen LogP contribution in [0.15, 0.2) is 35.5 Å². The average molecular weight is 411 g/mol. The van der Waals surface area contributed by atoms with E-state index in [1.165, 1.54) is 23.0 Å². The molecule has 0 saturated heterocycles. The molecule has 148 valence electrons. The SMILES string of the molecule is CS(=O)(=O)c1ccc(Cn2cnc3c(NC4CC4)nc(C(F)(F)F)nc32)cc1. The van der Waals surface area contributed by atoms with E-state index in [2.05, 4.69) is 20.3 Å². The molecule has 0 unspecified atom stereocenters. The predicted molar refractivity (Wildman–Crippen MR) is 95.6 cm³/mol. The summed E-state index contributed by atoms with van der Waals surface area (Å²) in [6.07, 6.45) is -0.418. The molecule has 1 N–H and O–H groups in total. The van der Waals surface area contributed by atoms with E-state index < -0.39 is 21.8 Å². The summed E-state index contributed by atoms with van der Waals surface area (Å²) in [4.78, 5) is 11.7. The van der Waals surface area contributed by atoms with E-state index in [1.807, 2.05) is 0 Å². The Morgan fingerprint density at radius 2 is 1.86 bits per heavy atom. The van der Waals surface area contributed by atoms with E-state index in [0.29, 0.717) is 5.56 Å². The monoisotopic (exact) mass is 411 g/mol. The third-order valence-corrected chi connectivity index (χ3v) is 5.47. The molecule has 1 saturated carbocycles. The maximum atomic E-state index is 13.2. The molecule has 0 spiro atoms. The number of aromatic nitrogens is 4. The molecule has 1 fully saturated rings. The van der Waals surface area contributed by atoms with Gasteiger partial charge in [0.25, 0.3) is 0 Å². The number of imidazole rings is 1. The van der Waals surface area contributed by atoms with Crippen LogP contribution in [-0.4, -0.2) is 40.2 Å². The molecular formula is C17H16F3N5O2S. The molecule has 1 aliphatic carbocycles. The Kier molecular flexibility index (Phi) is 4.29. The zero-order valence-corrected chi connectivity index (χ0v) is 15.5. The summed E-state index contributed by atoms with van der Waals surface area (Å²) >= 11 is 0. The van der Waals surface area contributed by atoms with Gasteiger partial charge in [0.1, 0.15) is 5.52 Å². The summed E-state index contributed by atoms with van der Waals surface area (Å²) in [5.41, 5.74) is 1.04. The summed E-state index contributed by atoms with van der Waals surface area (Å²) < 4.78 is 64.3. The number of sulfone groups is 1. The van der Waals surface area contributed by atoms with Gasteiger partial charge >= 0.3 is 6.18 Å². The van der Waals surface area contributed by atoms with Crippen LogP contribution in [0.4, 0.5) is 19.0 Å². The molecule has 28 heavy (non-hydrogen) atoms. The van der Waals surface area contributed by atoms with Crippen molar-refractivity contribution in [1.82, 2.24) is 19.5 Å². The molecule has 3 aromatic rings. The van der Waals surface area contributed by atoms with Gasteiger partial charge in [-0.25, -0.2) is 23.4 Å². The average Bonchev–Trinajstić information content (AvgIpc) is 3.33. The number of anilines is 1. The molecule has 4 rings (SSSR count). The molecule has 0 aliphatic heterocycles. The lowest BCUT2D eigenvalue weighted by molar-refractivity contribution is -0.144. The minimum atomic E-state index is -4.68. The van der Waals surface area contributed by atoms with Crippen LogP contribution in [0, 0.1) is 0 Å². The molecule has 11 heteroatoms. The highest BCUT2D eigenvalue weighted by molar-refractivity contribution is 7.90. The van der Waals surface area contributed by atoms with Gasteiger partial charge in [-0.05, 0) is 30.5 Å². The van der Waals surface area contributed by atoms with Crippen LogP contribution >= 0.6 is 0 Å². The van der Waals surface area contributed by atoms with E-state index in [4.69, 9.17) is 0 Å². The highest BCUT2D eigenvalue weighted by atomic mass is 32.2. The summed E-state index contributed by atoms with van der Waals surface area (Å²) in [5.74, 6) is -1.15. The second-order valence-corrected chi connectivity index (χ2v) is 8.79. The third kappa shape index (κ3) is 3.79.